The van der Waals surface area contributed by atoms with Crippen LogP contribution < -0.4 is 15.2 Å². The Hall–Kier alpha value is -1.46. The van der Waals surface area contributed by atoms with Gasteiger partial charge in [0.1, 0.15) is 11.5 Å². The number of hydrogen-bond donors (Lipinski definition) is 1. The second-order valence-corrected chi connectivity index (χ2v) is 5.96. The average Bonchev–Trinajstić information content (AvgIpc) is 2.90. The minimum Gasteiger partial charge on any atom is -0.497 e. The lowest BCUT2D eigenvalue weighted by Crippen LogP contribution is -2.41. The molecule has 1 aliphatic rings. The molecule has 5 nitrogen and oxygen atoms in total. The summed E-state index contributed by atoms with van der Waals surface area (Å²) in [5.74, 6) is 1.44. The largest absolute Gasteiger partial charge is 0.497 e. The topological polar surface area (TPSA) is 64.8 Å². The lowest BCUT2D eigenvalue weighted by Gasteiger charge is -2.25. The summed E-state index contributed by atoms with van der Waals surface area (Å²) in [6.07, 6.45) is 0.448. The van der Waals surface area contributed by atoms with Gasteiger partial charge < -0.3 is 20.1 Å². The van der Waals surface area contributed by atoms with Gasteiger partial charge in [0.15, 0.2) is 6.10 Å². The van der Waals surface area contributed by atoms with Gasteiger partial charge in [-0.2, -0.15) is 0 Å². The van der Waals surface area contributed by atoms with Crippen LogP contribution in [0.4, 0.5) is 0 Å². The van der Waals surface area contributed by atoms with Gasteiger partial charge in [-0.1, -0.05) is 6.92 Å². The zero-order chi connectivity index (χ0) is 15.5. The Kier molecular flexibility index (Phi) is 6.50. The van der Waals surface area contributed by atoms with Crippen LogP contribution in [-0.2, 0) is 4.79 Å². The molecule has 0 saturated carbocycles. The fourth-order valence-electron chi connectivity index (χ4n) is 2.54. The van der Waals surface area contributed by atoms with Crippen LogP contribution in [0, 0.1) is 5.41 Å². The quantitative estimate of drug-likeness (QED) is 0.898. The van der Waals surface area contributed by atoms with E-state index in [1.165, 1.54) is 0 Å². The second-order valence-electron chi connectivity index (χ2n) is 5.96. The van der Waals surface area contributed by atoms with Crippen molar-refractivity contribution in [2.24, 2.45) is 11.1 Å². The molecular formula is C16H25ClN2O3. The predicted molar refractivity (Wildman–Crippen MR) is 88.7 cm³/mol. The standard InChI is InChI=1S/C16H24N2O3.ClH/c1-12(21-14-6-4-13(20-3)5-7-14)15(19)18-9-8-16(2,10-17)11-18;/h4-7,12H,8-11,17H2,1-3H3;1H. The molecule has 1 heterocycles. The lowest BCUT2D eigenvalue weighted by atomic mass is 9.90. The highest BCUT2D eigenvalue weighted by molar-refractivity contribution is 5.85. The molecule has 1 aliphatic heterocycles. The molecule has 1 aromatic carbocycles. The van der Waals surface area contributed by atoms with Crippen LogP contribution in [0.2, 0.25) is 0 Å². The summed E-state index contributed by atoms with van der Waals surface area (Å²) in [7, 11) is 1.61. The minimum atomic E-state index is -0.501. The van der Waals surface area contributed by atoms with Crippen molar-refractivity contribution in [3.05, 3.63) is 24.3 Å². The van der Waals surface area contributed by atoms with E-state index in [1.807, 2.05) is 17.0 Å². The summed E-state index contributed by atoms with van der Waals surface area (Å²) in [6.45, 7) is 5.96. The van der Waals surface area contributed by atoms with E-state index in [-0.39, 0.29) is 23.7 Å². The number of hydrogen-bond acceptors (Lipinski definition) is 4. The molecule has 0 aromatic heterocycles. The summed E-state index contributed by atoms with van der Waals surface area (Å²) in [5.41, 5.74) is 5.81. The number of rotatable bonds is 5. The Morgan fingerprint density at radius 3 is 2.45 bits per heavy atom. The molecule has 0 radical (unpaired) electrons. The van der Waals surface area contributed by atoms with Crippen molar-refractivity contribution in [1.82, 2.24) is 4.90 Å². The number of carbonyl (C=O) groups is 1. The maximum Gasteiger partial charge on any atom is 0.263 e. The lowest BCUT2D eigenvalue weighted by molar-refractivity contribution is -0.137. The number of ether oxygens (including phenoxy) is 2. The third-order valence-corrected chi connectivity index (χ3v) is 4.08. The first-order chi connectivity index (χ1) is 9.97. The second kappa shape index (κ2) is 7.70. The molecule has 0 bridgehead atoms. The SMILES string of the molecule is COc1ccc(OC(C)C(=O)N2CCC(C)(CN)C2)cc1.Cl. The molecule has 1 amide bonds. The molecule has 2 unspecified atom stereocenters. The summed E-state index contributed by atoms with van der Waals surface area (Å²) in [4.78, 5) is 14.3. The van der Waals surface area contributed by atoms with Crippen molar-refractivity contribution in [1.29, 1.82) is 0 Å². The number of likely N-dealkylation sites (tertiary alicyclic amines) is 1. The van der Waals surface area contributed by atoms with E-state index in [2.05, 4.69) is 6.92 Å². The molecule has 6 heteroatoms. The van der Waals surface area contributed by atoms with Gasteiger partial charge in [0.2, 0.25) is 0 Å². The number of nitrogens with zero attached hydrogens (tertiary/aromatic N) is 1. The highest BCUT2D eigenvalue weighted by atomic mass is 35.5. The van der Waals surface area contributed by atoms with Gasteiger partial charge in [0.25, 0.3) is 5.91 Å². The number of nitrogens with two attached hydrogens (primary N) is 1. The third kappa shape index (κ3) is 4.27. The van der Waals surface area contributed by atoms with Crippen LogP contribution >= 0.6 is 12.4 Å². The van der Waals surface area contributed by atoms with Crippen LogP contribution in [0.1, 0.15) is 20.3 Å². The normalized spacial score (nSPS) is 21.9. The first-order valence-corrected chi connectivity index (χ1v) is 7.27. The zero-order valence-corrected chi connectivity index (χ0v) is 14.2. The molecule has 1 saturated heterocycles. The van der Waals surface area contributed by atoms with Gasteiger partial charge in [0.05, 0.1) is 7.11 Å². The molecule has 124 valence electrons. The summed E-state index contributed by atoms with van der Waals surface area (Å²) >= 11 is 0. The van der Waals surface area contributed by atoms with Crippen molar-refractivity contribution < 1.29 is 14.3 Å². The number of amides is 1. The molecule has 2 atom stereocenters. The Labute approximate surface area is 138 Å². The molecule has 2 rings (SSSR count). The Morgan fingerprint density at radius 1 is 1.36 bits per heavy atom. The van der Waals surface area contributed by atoms with Crippen LogP contribution in [0.3, 0.4) is 0 Å². The predicted octanol–water partition coefficient (Wildman–Crippen LogP) is 2.08. The fraction of sp³-hybridized carbons (Fsp3) is 0.562. The maximum absolute atomic E-state index is 12.4. The third-order valence-electron chi connectivity index (χ3n) is 4.08. The Bertz CT molecular complexity index is 495. The van der Waals surface area contributed by atoms with Crippen LogP contribution in [-0.4, -0.2) is 43.7 Å². The van der Waals surface area contributed by atoms with E-state index in [1.54, 1.807) is 26.2 Å². The van der Waals surface area contributed by atoms with Gasteiger partial charge in [0, 0.05) is 13.1 Å². The number of halogens is 1. The highest BCUT2D eigenvalue weighted by Gasteiger charge is 2.36. The van der Waals surface area contributed by atoms with Crippen LogP contribution in [0.15, 0.2) is 24.3 Å². The van der Waals surface area contributed by atoms with Gasteiger partial charge in [-0.25, -0.2) is 0 Å². The van der Waals surface area contributed by atoms with E-state index in [0.29, 0.717) is 18.8 Å². The van der Waals surface area contributed by atoms with Crippen molar-refractivity contribution in [2.45, 2.75) is 26.4 Å². The van der Waals surface area contributed by atoms with E-state index < -0.39 is 6.10 Å². The number of methoxy groups -OCH3 is 1. The molecule has 0 spiro atoms. The van der Waals surface area contributed by atoms with E-state index >= 15 is 0 Å². The monoisotopic (exact) mass is 328 g/mol. The van der Waals surface area contributed by atoms with Crippen LogP contribution in [0.25, 0.3) is 0 Å². The molecule has 22 heavy (non-hydrogen) atoms. The first-order valence-electron chi connectivity index (χ1n) is 7.27. The van der Waals surface area contributed by atoms with Gasteiger partial charge in [-0.3, -0.25) is 4.79 Å². The van der Waals surface area contributed by atoms with Crippen molar-refractivity contribution >= 4 is 18.3 Å². The Morgan fingerprint density at radius 2 is 1.95 bits per heavy atom. The van der Waals surface area contributed by atoms with E-state index in [4.69, 9.17) is 15.2 Å². The molecule has 2 N–H and O–H groups in total. The van der Waals surface area contributed by atoms with Crippen LogP contribution in [0.5, 0.6) is 11.5 Å². The van der Waals surface area contributed by atoms with Gasteiger partial charge >= 0.3 is 0 Å². The smallest absolute Gasteiger partial charge is 0.263 e. The average molecular weight is 329 g/mol. The summed E-state index contributed by atoms with van der Waals surface area (Å²) < 4.78 is 10.8. The van der Waals surface area contributed by atoms with Gasteiger partial charge in [-0.05, 0) is 49.6 Å². The molecule has 1 aromatic rings. The molecule has 1 fully saturated rings. The zero-order valence-electron chi connectivity index (χ0n) is 13.4. The van der Waals surface area contributed by atoms with Gasteiger partial charge in [-0.15, -0.1) is 12.4 Å². The Balaban J connectivity index is 0.00000242. The van der Waals surface area contributed by atoms with E-state index in [9.17, 15) is 4.79 Å². The molecule has 0 aliphatic carbocycles. The molecular weight excluding hydrogens is 304 g/mol. The van der Waals surface area contributed by atoms with Crippen molar-refractivity contribution in [3.63, 3.8) is 0 Å². The maximum atomic E-state index is 12.4. The summed E-state index contributed by atoms with van der Waals surface area (Å²) in [5, 5.41) is 0. The number of benzene rings is 1. The fourth-order valence-corrected chi connectivity index (χ4v) is 2.54. The first kappa shape index (κ1) is 18.6. The van der Waals surface area contributed by atoms with Crippen molar-refractivity contribution in [3.8, 4) is 11.5 Å². The van der Waals surface area contributed by atoms with Crippen molar-refractivity contribution in [2.75, 3.05) is 26.7 Å². The summed E-state index contributed by atoms with van der Waals surface area (Å²) in [6, 6.07) is 7.23. The minimum absolute atomic E-state index is 0. The number of carbonyl (C=O) groups excluding carboxylic acids is 1. The highest BCUT2D eigenvalue weighted by Crippen LogP contribution is 2.29. The van der Waals surface area contributed by atoms with E-state index in [0.717, 1.165) is 18.7 Å².